The SMILES string of the molecule is CCC[NH+](CCC)CCC.O=C([O-])c1ccccc1. The van der Waals surface area contributed by atoms with E-state index in [1.807, 2.05) is 0 Å². The Bertz CT molecular complexity index is 311. The number of carbonyl (C=O) groups is 1. The average molecular weight is 265 g/mol. The summed E-state index contributed by atoms with van der Waals surface area (Å²) >= 11 is 0. The summed E-state index contributed by atoms with van der Waals surface area (Å²) in [7, 11) is 0. The first kappa shape index (κ1) is 17.6. The minimum Gasteiger partial charge on any atom is -0.545 e. The molecule has 1 N–H and O–H groups in total. The van der Waals surface area contributed by atoms with Gasteiger partial charge in [-0.15, -0.1) is 0 Å². The number of hydrogen-bond acceptors (Lipinski definition) is 2. The van der Waals surface area contributed by atoms with Crippen LogP contribution in [0.5, 0.6) is 0 Å². The van der Waals surface area contributed by atoms with Crippen molar-refractivity contribution in [1.29, 1.82) is 0 Å². The van der Waals surface area contributed by atoms with E-state index in [0.29, 0.717) is 0 Å². The summed E-state index contributed by atoms with van der Waals surface area (Å²) in [4.78, 5) is 11.9. The minimum absolute atomic E-state index is 0.220. The monoisotopic (exact) mass is 265 g/mol. The highest BCUT2D eigenvalue weighted by molar-refractivity contribution is 5.85. The summed E-state index contributed by atoms with van der Waals surface area (Å²) in [5, 5.41) is 10.1. The number of aromatic carboxylic acids is 1. The third kappa shape index (κ3) is 9.25. The Morgan fingerprint density at radius 3 is 1.63 bits per heavy atom. The van der Waals surface area contributed by atoms with Gasteiger partial charge in [0.25, 0.3) is 0 Å². The molecule has 19 heavy (non-hydrogen) atoms. The van der Waals surface area contributed by atoms with Crippen molar-refractivity contribution >= 4 is 5.97 Å². The van der Waals surface area contributed by atoms with Gasteiger partial charge in [-0.2, -0.15) is 0 Å². The lowest BCUT2D eigenvalue weighted by Crippen LogP contribution is -3.11. The first-order valence-corrected chi connectivity index (χ1v) is 7.25. The molecule has 0 fully saturated rings. The maximum Gasteiger partial charge on any atom is 0.0768 e. The Morgan fingerprint density at radius 1 is 0.947 bits per heavy atom. The van der Waals surface area contributed by atoms with Crippen molar-refractivity contribution in [2.24, 2.45) is 0 Å². The van der Waals surface area contributed by atoms with Crippen LogP contribution in [0.15, 0.2) is 30.3 Å². The summed E-state index contributed by atoms with van der Waals surface area (Å²) in [5.41, 5.74) is 0.220. The van der Waals surface area contributed by atoms with E-state index in [2.05, 4.69) is 20.8 Å². The molecule has 1 rings (SSSR count). The van der Waals surface area contributed by atoms with Crippen molar-refractivity contribution in [2.75, 3.05) is 19.6 Å². The zero-order valence-electron chi connectivity index (χ0n) is 12.4. The van der Waals surface area contributed by atoms with Crippen LogP contribution in [0, 0.1) is 0 Å². The highest BCUT2D eigenvalue weighted by Crippen LogP contribution is 1.94. The van der Waals surface area contributed by atoms with Gasteiger partial charge in [-0.3, -0.25) is 0 Å². The lowest BCUT2D eigenvalue weighted by molar-refractivity contribution is -0.900. The Balaban J connectivity index is 0.000000342. The highest BCUT2D eigenvalue weighted by atomic mass is 16.4. The van der Waals surface area contributed by atoms with Gasteiger partial charge in [0.1, 0.15) is 0 Å². The van der Waals surface area contributed by atoms with Gasteiger partial charge in [-0.1, -0.05) is 51.1 Å². The van der Waals surface area contributed by atoms with Crippen LogP contribution in [0.2, 0.25) is 0 Å². The van der Waals surface area contributed by atoms with E-state index < -0.39 is 5.97 Å². The van der Waals surface area contributed by atoms with E-state index >= 15 is 0 Å². The molecular weight excluding hydrogens is 238 g/mol. The standard InChI is InChI=1S/C9H21N.C7H6O2/c1-4-7-10(8-5-2)9-6-3;8-7(9)6-4-2-1-3-5-6/h4-9H2,1-3H3;1-5H,(H,8,9). The maximum absolute atomic E-state index is 10.1. The van der Waals surface area contributed by atoms with Gasteiger partial charge in [0.2, 0.25) is 0 Å². The van der Waals surface area contributed by atoms with Crippen LogP contribution in [0.4, 0.5) is 0 Å². The van der Waals surface area contributed by atoms with Crippen LogP contribution >= 0.6 is 0 Å². The number of hydrogen-bond donors (Lipinski definition) is 1. The fourth-order valence-electron chi connectivity index (χ4n) is 2.01. The smallest absolute Gasteiger partial charge is 0.0768 e. The third-order valence-corrected chi connectivity index (χ3v) is 2.82. The molecule has 0 aliphatic carbocycles. The minimum atomic E-state index is -1.13. The molecule has 0 radical (unpaired) electrons. The van der Waals surface area contributed by atoms with Crippen molar-refractivity contribution in [3.8, 4) is 0 Å². The first-order valence-electron chi connectivity index (χ1n) is 7.25. The Morgan fingerprint density at radius 2 is 1.37 bits per heavy atom. The fourth-order valence-corrected chi connectivity index (χ4v) is 2.01. The van der Waals surface area contributed by atoms with Gasteiger partial charge in [-0.25, -0.2) is 0 Å². The van der Waals surface area contributed by atoms with Gasteiger partial charge in [0.05, 0.1) is 25.6 Å². The molecule has 0 saturated carbocycles. The number of carbonyl (C=O) groups excluding carboxylic acids is 1. The van der Waals surface area contributed by atoms with Crippen LogP contribution in [-0.4, -0.2) is 25.6 Å². The molecule has 0 heterocycles. The molecule has 0 saturated heterocycles. The van der Waals surface area contributed by atoms with E-state index in [1.165, 1.54) is 51.0 Å². The van der Waals surface area contributed by atoms with Crippen molar-refractivity contribution in [3.63, 3.8) is 0 Å². The van der Waals surface area contributed by atoms with Crippen molar-refractivity contribution in [1.82, 2.24) is 0 Å². The number of rotatable bonds is 7. The molecular formula is C16H27NO2. The van der Waals surface area contributed by atoms with Crippen LogP contribution in [0.1, 0.15) is 50.4 Å². The predicted molar refractivity (Wildman–Crippen MR) is 77.2 cm³/mol. The zero-order valence-corrected chi connectivity index (χ0v) is 12.4. The van der Waals surface area contributed by atoms with Crippen molar-refractivity contribution in [2.45, 2.75) is 40.0 Å². The molecule has 1 aromatic rings. The summed E-state index contributed by atoms with van der Waals surface area (Å²) < 4.78 is 0. The second kappa shape index (κ2) is 11.7. The molecule has 0 atom stereocenters. The highest BCUT2D eigenvalue weighted by Gasteiger charge is 2.01. The third-order valence-electron chi connectivity index (χ3n) is 2.82. The molecule has 1 aromatic carbocycles. The largest absolute Gasteiger partial charge is 0.545 e. The quantitative estimate of drug-likeness (QED) is 0.804. The topological polar surface area (TPSA) is 44.6 Å². The molecule has 0 aromatic heterocycles. The molecule has 0 unspecified atom stereocenters. The number of benzene rings is 1. The Labute approximate surface area is 117 Å². The normalized spacial score (nSPS) is 9.89. The Kier molecular flexibility index (Phi) is 10.9. The predicted octanol–water partition coefficient (Wildman–Crippen LogP) is 1.15. The molecule has 3 heteroatoms. The van der Waals surface area contributed by atoms with Gasteiger partial charge in [0, 0.05) is 0 Å². The zero-order chi connectivity index (χ0) is 14.5. The molecule has 0 spiro atoms. The van der Waals surface area contributed by atoms with E-state index in [1.54, 1.807) is 23.1 Å². The van der Waals surface area contributed by atoms with Gasteiger partial charge in [0.15, 0.2) is 0 Å². The first-order chi connectivity index (χ1) is 9.15. The fraction of sp³-hybridized carbons (Fsp3) is 0.562. The van der Waals surface area contributed by atoms with Crippen LogP contribution in [0.3, 0.4) is 0 Å². The van der Waals surface area contributed by atoms with Crippen molar-refractivity contribution < 1.29 is 14.8 Å². The summed E-state index contributed by atoms with van der Waals surface area (Å²) in [6, 6.07) is 8.06. The summed E-state index contributed by atoms with van der Waals surface area (Å²) in [6.07, 6.45) is 3.99. The average Bonchev–Trinajstić information content (AvgIpc) is 2.41. The van der Waals surface area contributed by atoms with Crippen molar-refractivity contribution in [3.05, 3.63) is 35.9 Å². The van der Waals surface area contributed by atoms with Gasteiger partial charge < -0.3 is 14.8 Å². The van der Waals surface area contributed by atoms with E-state index in [9.17, 15) is 9.90 Å². The summed E-state index contributed by atoms with van der Waals surface area (Å²) in [6.45, 7) is 10.9. The maximum atomic E-state index is 10.1. The van der Waals surface area contributed by atoms with E-state index in [-0.39, 0.29) is 5.56 Å². The second-order valence-electron chi connectivity index (χ2n) is 4.65. The molecule has 3 nitrogen and oxygen atoms in total. The lowest BCUT2D eigenvalue weighted by atomic mass is 10.2. The molecule has 0 bridgehead atoms. The number of nitrogens with one attached hydrogen (secondary N) is 1. The Hall–Kier alpha value is -1.35. The number of carboxylic acids is 1. The van der Waals surface area contributed by atoms with E-state index in [0.717, 1.165) is 0 Å². The van der Waals surface area contributed by atoms with E-state index in [4.69, 9.17) is 0 Å². The second-order valence-corrected chi connectivity index (χ2v) is 4.65. The van der Waals surface area contributed by atoms with Gasteiger partial charge >= 0.3 is 0 Å². The lowest BCUT2D eigenvalue weighted by Gasteiger charge is -2.16. The summed E-state index contributed by atoms with van der Waals surface area (Å²) in [5.74, 6) is -1.13. The van der Waals surface area contributed by atoms with Crippen LogP contribution in [0.25, 0.3) is 0 Å². The van der Waals surface area contributed by atoms with Crippen LogP contribution < -0.4 is 10.0 Å². The number of quaternary nitrogens is 1. The molecule has 0 aliphatic rings. The molecule has 0 aliphatic heterocycles. The molecule has 0 amide bonds. The number of carboxylic acid groups (broad SMARTS) is 1. The van der Waals surface area contributed by atoms with Gasteiger partial charge in [-0.05, 0) is 24.8 Å². The van der Waals surface area contributed by atoms with Crippen LogP contribution in [-0.2, 0) is 0 Å². The molecule has 108 valence electrons.